The molecule has 0 bridgehead atoms. The van der Waals surface area contributed by atoms with Crippen molar-refractivity contribution in [2.75, 3.05) is 7.11 Å². The van der Waals surface area contributed by atoms with Crippen LogP contribution in [-0.2, 0) is 0 Å². The lowest BCUT2D eigenvalue weighted by atomic mass is 10.0. The van der Waals surface area contributed by atoms with E-state index in [4.69, 9.17) is 9.84 Å². The summed E-state index contributed by atoms with van der Waals surface area (Å²) < 4.78 is 7.26. The lowest BCUT2D eigenvalue weighted by Crippen LogP contribution is -2.01. The summed E-state index contributed by atoms with van der Waals surface area (Å²) in [6.07, 6.45) is 1.63. The van der Waals surface area contributed by atoms with Crippen molar-refractivity contribution in [1.29, 1.82) is 0 Å². The molecular weight excluding hydrogens is 372 g/mol. The molecule has 0 aliphatic carbocycles. The second-order valence-corrected chi connectivity index (χ2v) is 7.08. The summed E-state index contributed by atoms with van der Waals surface area (Å²) in [6.45, 7) is 2.02. The topological polar surface area (TPSA) is 52.8 Å². The third-order valence-corrected chi connectivity index (χ3v) is 5.07. The number of nitrogens with zero attached hydrogens (tertiary/aromatic N) is 4. The summed E-state index contributed by atoms with van der Waals surface area (Å²) in [7, 11) is 1.60. The summed E-state index contributed by atoms with van der Waals surface area (Å²) in [6, 6.07) is 26.8. The van der Waals surface area contributed by atoms with E-state index in [1.165, 1.54) is 0 Å². The molecule has 30 heavy (non-hydrogen) atoms. The van der Waals surface area contributed by atoms with E-state index in [0.29, 0.717) is 5.88 Å². The first-order valence-corrected chi connectivity index (χ1v) is 9.75. The maximum absolute atomic E-state index is 5.24. The fraction of sp³-hybridized carbons (Fsp3) is 0.0800. The molecule has 0 fully saturated rings. The highest BCUT2D eigenvalue weighted by Crippen LogP contribution is 2.32. The number of methoxy groups -OCH3 is 1. The number of aryl methyl sites for hydroxylation is 1. The molecule has 0 saturated carbocycles. The van der Waals surface area contributed by atoms with E-state index in [0.717, 1.165) is 44.8 Å². The van der Waals surface area contributed by atoms with Crippen LogP contribution in [0.2, 0.25) is 0 Å². The molecule has 0 atom stereocenters. The van der Waals surface area contributed by atoms with Gasteiger partial charge in [0.1, 0.15) is 0 Å². The van der Waals surface area contributed by atoms with E-state index >= 15 is 0 Å². The maximum atomic E-state index is 5.24. The lowest BCUT2D eigenvalue weighted by molar-refractivity contribution is 0.397. The lowest BCUT2D eigenvalue weighted by Gasteiger charge is -2.13. The summed E-state index contributed by atoms with van der Waals surface area (Å²) in [4.78, 5) is 8.96. The Morgan fingerprint density at radius 2 is 1.60 bits per heavy atom. The van der Waals surface area contributed by atoms with Gasteiger partial charge in [-0.2, -0.15) is 5.10 Å². The molecule has 0 N–H and O–H groups in total. The number of fused-ring (bicyclic) bond motifs is 1. The van der Waals surface area contributed by atoms with E-state index in [1.54, 1.807) is 13.3 Å². The van der Waals surface area contributed by atoms with Gasteiger partial charge >= 0.3 is 0 Å². The van der Waals surface area contributed by atoms with Gasteiger partial charge in [0, 0.05) is 11.1 Å². The minimum absolute atomic E-state index is 0.502. The molecule has 5 nitrogen and oxygen atoms in total. The molecule has 2 heterocycles. The van der Waals surface area contributed by atoms with Gasteiger partial charge in [0.2, 0.25) is 5.88 Å². The van der Waals surface area contributed by atoms with Crippen LogP contribution in [0.15, 0.2) is 85.1 Å². The minimum atomic E-state index is 0.502. The Hall–Kier alpha value is -3.99. The van der Waals surface area contributed by atoms with Crippen molar-refractivity contribution in [3.8, 4) is 34.0 Å². The molecule has 0 spiro atoms. The van der Waals surface area contributed by atoms with E-state index in [2.05, 4.69) is 46.4 Å². The van der Waals surface area contributed by atoms with Gasteiger partial charge in [0.05, 0.1) is 41.4 Å². The molecule has 0 aliphatic heterocycles. The molecule has 5 rings (SSSR count). The molecule has 0 radical (unpaired) electrons. The molecule has 0 unspecified atom stereocenters. The fourth-order valence-corrected chi connectivity index (χ4v) is 3.66. The monoisotopic (exact) mass is 392 g/mol. The van der Waals surface area contributed by atoms with Crippen molar-refractivity contribution in [3.63, 3.8) is 0 Å². The fourth-order valence-electron chi connectivity index (χ4n) is 3.66. The van der Waals surface area contributed by atoms with E-state index < -0.39 is 0 Å². The van der Waals surface area contributed by atoms with Crippen molar-refractivity contribution < 1.29 is 4.74 Å². The van der Waals surface area contributed by atoms with Gasteiger partial charge in [0.15, 0.2) is 0 Å². The van der Waals surface area contributed by atoms with Gasteiger partial charge in [-0.15, -0.1) is 0 Å². The van der Waals surface area contributed by atoms with Crippen LogP contribution in [0.1, 0.15) is 5.69 Å². The second-order valence-electron chi connectivity index (χ2n) is 7.08. The smallest absolute Gasteiger partial charge is 0.232 e. The Labute approximate surface area is 174 Å². The van der Waals surface area contributed by atoms with Gasteiger partial charge in [-0.25, -0.2) is 14.6 Å². The molecule has 0 aliphatic rings. The van der Waals surface area contributed by atoms with Gasteiger partial charge in [-0.1, -0.05) is 54.6 Å². The van der Waals surface area contributed by atoms with Crippen LogP contribution in [-0.4, -0.2) is 26.9 Å². The molecule has 2 aromatic heterocycles. The van der Waals surface area contributed by atoms with Crippen LogP contribution >= 0.6 is 0 Å². The predicted octanol–water partition coefficient (Wildman–Crippen LogP) is 5.47. The number of rotatable bonds is 4. The van der Waals surface area contributed by atoms with Gasteiger partial charge in [-0.3, -0.25) is 0 Å². The van der Waals surface area contributed by atoms with Crippen LogP contribution in [0.5, 0.6) is 5.88 Å². The normalized spacial score (nSPS) is 11.0. The number of hydrogen-bond acceptors (Lipinski definition) is 4. The third-order valence-electron chi connectivity index (χ3n) is 5.07. The van der Waals surface area contributed by atoms with Crippen LogP contribution in [0.3, 0.4) is 0 Å². The first-order valence-electron chi connectivity index (χ1n) is 9.75. The maximum Gasteiger partial charge on any atom is 0.232 e. The summed E-state index contributed by atoms with van der Waals surface area (Å²) in [5.74, 6) is 0.502. The minimum Gasteiger partial charge on any atom is -0.480 e. The van der Waals surface area contributed by atoms with Gasteiger partial charge < -0.3 is 4.74 Å². The summed E-state index contributed by atoms with van der Waals surface area (Å²) >= 11 is 0. The highest BCUT2D eigenvalue weighted by Gasteiger charge is 2.14. The van der Waals surface area contributed by atoms with Gasteiger partial charge in [0.25, 0.3) is 0 Å². The summed E-state index contributed by atoms with van der Waals surface area (Å²) in [5, 5.41) is 4.80. The standard InChI is InChI=1S/C25H20N4O/c1-17-14-24(18-8-4-3-5-9-18)29(28-17)23-11-7-6-10-20(23)19-12-13-21-22(15-19)27-25(30-2)16-26-21/h3-16H,1-2H3. The quantitative estimate of drug-likeness (QED) is 0.407. The highest BCUT2D eigenvalue weighted by molar-refractivity contribution is 5.84. The van der Waals surface area contributed by atoms with Crippen LogP contribution in [0.4, 0.5) is 0 Å². The van der Waals surface area contributed by atoms with Crippen molar-refractivity contribution >= 4 is 11.0 Å². The highest BCUT2D eigenvalue weighted by atomic mass is 16.5. The molecule has 0 amide bonds. The zero-order valence-corrected chi connectivity index (χ0v) is 16.8. The van der Waals surface area contributed by atoms with Crippen molar-refractivity contribution in [2.24, 2.45) is 0 Å². The number of benzene rings is 3. The largest absolute Gasteiger partial charge is 0.480 e. The van der Waals surface area contributed by atoms with Crippen LogP contribution < -0.4 is 4.74 Å². The van der Waals surface area contributed by atoms with Crippen LogP contribution in [0, 0.1) is 6.92 Å². The number of ether oxygens (including phenoxy) is 1. The Kier molecular flexibility index (Phi) is 4.48. The first kappa shape index (κ1) is 18.1. The molecule has 146 valence electrons. The molecule has 3 aromatic carbocycles. The average Bonchev–Trinajstić information content (AvgIpc) is 3.20. The predicted molar refractivity (Wildman–Crippen MR) is 119 cm³/mol. The van der Waals surface area contributed by atoms with Gasteiger partial charge in [-0.05, 0) is 36.8 Å². The number of aromatic nitrogens is 4. The number of hydrogen-bond donors (Lipinski definition) is 0. The molecule has 5 aromatic rings. The summed E-state index contributed by atoms with van der Waals surface area (Å²) in [5.41, 5.74) is 7.91. The molecular formula is C25H20N4O. The molecule has 5 heteroatoms. The second kappa shape index (κ2) is 7.44. The zero-order chi connectivity index (χ0) is 20.5. The van der Waals surface area contributed by atoms with Crippen molar-refractivity contribution in [3.05, 3.63) is 90.8 Å². The number of para-hydroxylation sites is 1. The van der Waals surface area contributed by atoms with Crippen molar-refractivity contribution in [1.82, 2.24) is 19.7 Å². The van der Waals surface area contributed by atoms with E-state index in [9.17, 15) is 0 Å². The molecule has 0 saturated heterocycles. The Bertz CT molecular complexity index is 1340. The third kappa shape index (κ3) is 3.20. The SMILES string of the molecule is COc1cnc2ccc(-c3ccccc3-n3nc(C)cc3-c3ccccc3)cc2n1. The van der Waals surface area contributed by atoms with Crippen molar-refractivity contribution in [2.45, 2.75) is 6.92 Å². The van der Waals surface area contributed by atoms with Crippen LogP contribution in [0.25, 0.3) is 39.1 Å². The average molecular weight is 392 g/mol. The Morgan fingerprint density at radius 3 is 2.43 bits per heavy atom. The van der Waals surface area contributed by atoms with E-state index in [-0.39, 0.29) is 0 Å². The first-order chi connectivity index (χ1) is 14.7. The zero-order valence-electron chi connectivity index (χ0n) is 16.8. The Balaban J connectivity index is 1.69. The Morgan fingerprint density at radius 1 is 0.800 bits per heavy atom. The van der Waals surface area contributed by atoms with E-state index in [1.807, 2.05) is 54.1 Å².